The second-order valence-electron chi connectivity index (χ2n) is 6.80. The van der Waals surface area contributed by atoms with Gasteiger partial charge in [-0.25, -0.2) is 0 Å². The van der Waals surface area contributed by atoms with Crippen molar-refractivity contribution in [3.63, 3.8) is 0 Å². The first-order valence-electron chi connectivity index (χ1n) is 8.78. The van der Waals surface area contributed by atoms with Gasteiger partial charge in [-0.05, 0) is 37.2 Å². The molecule has 23 heavy (non-hydrogen) atoms. The molecule has 0 radical (unpaired) electrons. The molecule has 3 nitrogen and oxygen atoms in total. The molecule has 2 fully saturated rings. The fourth-order valence-corrected chi connectivity index (χ4v) is 3.55. The summed E-state index contributed by atoms with van der Waals surface area (Å²) in [6.07, 6.45) is 8.08. The topological polar surface area (TPSA) is 38.3 Å². The molecule has 1 aromatic rings. The number of rotatable bonds is 7. The van der Waals surface area contributed by atoms with Gasteiger partial charge in [0.15, 0.2) is 0 Å². The first-order valence-corrected chi connectivity index (χ1v) is 8.78. The summed E-state index contributed by atoms with van der Waals surface area (Å²) in [7, 11) is 1.77. The minimum atomic E-state index is 0.431. The number of carbonyl (C=O) groups excluding carboxylic acids is 1. The van der Waals surface area contributed by atoms with Crippen molar-refractivity contribution in [3.8, 4) is 0 Å². The number of nitrogens with one attached hydrogen (secondary N) is 1. The molecular weight excluding hydrogens is 286 g/mol. The third-order valence-electron chi connectivity index (χ3n) is 5.01. The molecule has 0 spiro atoms. The maximum absolute atomic E-state index is 11.4. The van der Waals surface area contributed by atoms with Crippen LogP contribution >= 0.6 is 0 Å². The van der Waals surface area contributed by atoms with Gasteiger partial charge in [0.2, 0.25) is 0 Å². The van der Waals surface area contributed by atoms with E-state index in [0.29, 0.717) is 23.8 Å². The van der Waals surface area contributed by atoms with Gasteiger partial charge in [-0.1, -0.05) is 42.0 Å². The third kappa shape index (κ3) is 4.76. The van der Waals surface area contributed by atoms with E-state index in [4.69, 9.17) is 4.74 Å². The van der Waals surface area contributed by atoms with Gasteiger partial charge in [0.25, 0.3) is 0 Å². The molecule has 0 amide bonds. The summed E-state index contributed by atoms with van der Waals surface area (Å²) in [4.78, 5) is 11.4. The Morgan fingerprint density at radius 2 is 2.00 bits per heavy atom. The van der Waals surface area contributed by atoms with Crippen LogP contribution in [0.15, 0.2) is 35.9 Å². The van der Waals surface area contributed by atoms with Crippen molar-refractivity contribution in [2.75, 3.05) is 13.7 Å². The minimum absolute atomic E-state index is 0.431. The zero-order valence-electron chi connectivity index (χ0n) is 14.0. The molecule has 0 bridgehead atoms. The highest BCUT2D eigenvalue weighted by molar-refractivity contribution is 5.79. The van der Waals surface area contributed by atoms with E-state index in [1.54, 1.807) is 7.11 Å². The second kappa shape index (κ2) is 7.89. The molecule has 0 heterocycles. The molecule has 1 N–H and O–H groups in total. The average Bonchev–Trinajstić information content (AvgIpc) is 3.34. The summed E-state index contributed by atoms with van der Waals surface area (Å²) < 4.78 is 5.29. The number of benzene rings is 1. The van der Waals surface area contributed by atoms with Crippen LogP contribution in [0.25, 0.3) is 6.08 Å². The fourth-order valence-electron chi connectivity index (χ4n) is 3.55. The summed E-state index contributed by atoms with van der Waals surface area (Å²) in [6.45, 7) is 0.778. The van der Waals surface area contributed by atoms with Crippen molar-refractivity contribution < 1.29 is 9.53 Å². The van der Waals surface area contributed by atoms with Crippen molar-refractivity contribution in [2.24, 2.45) is 5.92 Å². The fraction of sp³-hybridized carbons (Fsp3) is 0.550. The first kappa shape index (κ1) is 16.4. The zero-order chi connectivity index (χ0) is 16.1. The SMILES string of the molecule is COCCC(=Cc1ccccc1)C1C[C@@H]1NC1CCC(=O)CC1. The van der Waals surface area contributed by atoms with E-state index in [9.17, 15) is 4.79 Å². The molecule has 0 saturated heterocycles. The maximum Gasteiger partial charge on any atom is 0.133 e. The largest absolute Gasteiger partial charge is 0.384 e. The van der Waals surface area contributed by atoms with Crippen LogP contribution in [-0.4, -0.2) is 31.6 Å². The van der Waals surface area contributed by atoms with Gasteiger partial charge < -0.3 is 10.1 Å². The predicted octanol–water partition coefficient (Wildman–Crippen LogP) is 3.60. The van der Waals surface area contributed by atoms with Crippen LogP contribution in [0.1, 0.15) is 44.1 Å². The van der Waals surface area contributed by atoms with Crippen LogP contribution < -0.4 is 5.32 Å². The minimum Gasteiger partial charge on any atom is -0.384 e. The number of hydrogen-bond acceptors (Lipinski definition) is 3. The maximum atomic E-state index is 11.4. The molecule has 2 aliphatic carbocycles. The standard InChI is InChI=1S/C20H27NO2/c1-23-12-11-16(13-15-5-3-2-4-6-15)19-14-20(19)21-17-7-9-18(22)10-8-17/h2-6,13,17,19-21H,7-12,14H2,1H3/t19?,20-/m0/s1. The van der Waals surface area contributed by atoms with Crippen molar-refractivity contribution in [1.29, 1.82) is 0 Å². The monoisotopic (exact) mass is 313 g/mol. The van der Waals surface area contributed by atoms with Crippen LogP contribution in [0, 0.1) is 5.92 Å². The Hall–Kier alpha value is -1.45. The third-order valence-corrected chi connectivity index (χ3v) is 5.01. The molecule has 1 aromatic carbocycles. The molecule has 3 rings (SSSR count). The van der Waals surface area contributed by atoms with Crippen molar-refractivity contribution in [1.82, 2.24) is 5.32 Å². The van der Waals surface area contributed by atoms with E-state index >= 15 is 0 Å². The number of methoxy groups -OCH3 is 1. The van der Waals surface area contributed by atoms with Crippen LogP contribution in [0.5, 0.6) is 0 Å². The second-order valence-corrected chi connectivity index (χ2v) is 6.80. The van der Waals surface area contributed by atoms with Gasteiger partial charge in [0.05, 0.1) is 0 Å². The van der Waals surface area contributed by atoms with Crippen molar-refractivity contribution in [3.05, 3.63) is 41.5 Å². The smallest absolute Gasteiger partial charge is 0.133 e. The molecule has 3 heteroatoms. The molecule has 0 aromatic heterocycles. The molecule has 2 atom stereocenters. The molecular formula is C20H27NO2. The van der Waals surface area contributed by atoms with Gasteiger partial charge >= 0.3 is 0 Å². The molecule has 2 saturated carbocycles. The highest BCUT2D eigenvalue weighted by Gasteiger charge is 2.40. The zero-order valence-corrected chi connectivity index (χ0v) is 14.0. The first-order chi connectivity index (χ1) is 11.3. The molecule has 124 valence electrons. The number of ether oxygens (including phenoxy) is 1. The average molecular weight is 313 g/mol. The van der Waals surface area contributed by atoms with E-state index in [2.05, 4.69) is 41.7 Å². The molecule has 2 aliphatic rings. The normalized spacial score (nSPS) is 25.6. The lowest BCUT2D eigenvalue weighted by molar-refractivity contribution is -0.120. The Bertz CT molecular complexity index is 542. The Balaban J connectivity index is 1.58. The van der Waals surface area contributed by atoms with Gasteiger partial charge in [-0.15, -0.1) is 0 Å². The van der Waals surface area contributed by atoms with E-state index in [1.165, 1.54) is 17.6 Å². The van der Waals surface area contributed by atoms with Crippen LogP contribution in [0.2, 0.25) is 0 Å². The Morgan fingerprint density at radius 1 is 1.26 bits per heavy atom. The number of ketones is 1. The van der Waals surface area contributed by atoms with Gasteiger partial charge in [-0.3, -0.25) is 4.79 Å². The Kier molecular flexibility index (Phi) is 5.63. The summed E-state index contributed by atoms with van der Waals surface area (Å²) >= 11 is 0. The summed E-state index contributed by atoms with van der Waals surface area (Å²) in [5, 5.41) is 3.77. The quantitative estimate of drug-likeness (QED) is 0.836. The number of carbonyl (C=O) groups is 1. The van der Waals surface area contributed by atoms with E-state index < -0.39 is 0 Å². The lowest BCUT2D eigenvalue weighted by Gasteiger charge is -2.22. The number of hydrogen-bond donors (Lipinski definition) is 1. The van der Waals surface area contributed by atoms with Crippen molar-refractivity contribution in [2.45, 2.75) is 50.6 Å². The van der Waals surface area contributed by atoms with Gasteiger partial charge in [0.1, 0.15) is 5.78 Å². The highest BCUT2D eigenvalue weighted by Crippen LogP contribution is 2.40. The van der Waals surface area contributed by atoms with E-state index in [0.717, 1.165) is 38.7 Å². The van der Waals surface area contributed by atoms with Crippen LogP contribution in [0.3, 0.4) is 0 Å². The van der Waals surface area contributed by atoms with E-state index in [1.807, 2.05) is 0 Å². The molecule has 1 unspecified atom stereocenters. The van der Waals surface area contributed by atoms with Gasteiger partial charge in [0, 0.05) is 38.6 Å². The lowest BCUT2D eigenvalue weighted by atomic mass is 9.94. The Labute approximate surface area is 139 Å². The van der Waals surface area contributed by atoms with Crippen molar-refractivity contribution >= 4 is 11.9 Å². The highest BCUT2D eigenvalue weighted by atomic mass is 16.5. The molecule has 0 aliphatic heterocycles. The van der Waals surface area contributed by atoms with Gasteiger partial charge in [-0.2, -0.15) is 0 Å². The van der Waals surface area contributed by atoms with Crippen LogP contribution in [0.4, 0.5) is 0 Å². The summed E-state index contributed by atoms with van der Waals surface area (Å²) in [6, 6.07) is 11.7. The lowest BCUT2D eigenvalue weighted by Crippen LogP contribution is -2.35. The van der Waals surface area contributed by atoms with Crippen LogP contribution in [-0.2, 0) is 9.53 Å². The summed E-state index contributed by atoms with van der Waals surface area (Å²) in [5.41, 5.74) is 2.76. The Morgan fingerprint density at radius 3 is 2.70 bits per heavy atom. The number of Topliss-reactive ketones (excluding diaryl/α,β-unsaturated/α-hetero) is 1. The van der Waals surface area contributed by atoms with E-state index in [-0.39, 0.29) is 0 Å². The predicted molar refractivity (Wildman–Crippen MR) is 93.2 cm³/mol. The summed E-state index contributed by atoms with van der Waals surface area (Å²) in [5.74, 6) is 1.06.